The molecule has 0 saturated heterocycles. The topological polar surface area (TPSA) is 34.1 Å². The van der Waals surface area contributed by atoms with Gasteiger partial charge in [0, 0.05) is 14.7 Å². The van der Waals surface area contributed by atoms with E-state index in [-0.39, 0.29) is 19.1 Å². The van der Waals surface area contributed by atoms with Gasteiger partial charge >= 0.3 is 0 Å². The van der Waals surface area contributed by atoms with Crippen molar-refractivity contribution >= 4 is 11.6 Å². The van der Waals surface area contributed by atoms with Crippen LogP contribution in [0.3, 0.4) is 0 Å². The fraction of sp³-hybridized carbons (Fsp3) is 0.667. The summed E-state index contributed by atoms with van der Waals surface area (Å²) >= 11 is 0. The SMILES string of the molecule is [3H]CCCC(=O)C(C)=O. The van der Waals surface area contributed by atoms with Crippen LogP contribution in [0.15, 0.2) is 0 Å². The second-order valence-electron chi connectivity index (χ2n) is 1.58. The quantitative estimate of drug-likeness (QED) is 0.514. The van der Waals surface area contributed by atoms with E-state index in [4.69, 9.17) is 1.37 Å². The van der Waals surface area contributed by atoms with Crippen LogP contribution in [0.1, 0.15) is 28.0 Å². The highest BCUT2D eigenvalue weighted by molar-refractivity contribution is 6.36. The normalized spacial score (nSPS) is 10.4. The Kier molecular flexibility index (Phi) is 2.30. The van der Waals surface area contributed by atoms with Crippen LogP contribution in [0.25, 0.3) is 0 Å². The molecule has 0 saturated carbocycles. The lowest BCUT2D eigenvalue weighted by Gasteiger charge is -1.87. The second kappa shape index (κ2) is 3.36. The molecule has 0 aliphatic carbocycles. The van der Waals surface area contributed by atoms with E-state index in [0.717, 1.165) is 0 Å². The van der Waals surface area contributed by atoms with Crippen LogP contribution in [-0.4, -0.2) is 11.6 Å². The van der Waals surface area contributed by atoms with Gasteiger partial charge in [0.15, 0.2) is 11.6 Å². The monoisotopic (exact) mass is 116 g/mol. The van der Waals surface area contributed by atoms with Gasteiger partial charge in [0.1, 0.15) is 0 Å². The summed E-state index contributed by atoms with van der Waals surface area (Å²) in [4.78, 5) is 20.7. The molecule has 2 heteroatoms. The zero-order valence-corrected chi connectivity index (χ0v) is 4.94. The van der Waals surface area contributed by atoms with Gasteiger partial charge in [0.25, 0.3) is 0 Å². The fourth-order valence-electron chi connectivity index (χ4n) is 0.337. The maximum atomic E-state index is 10.5. The molecule has 0 aliphatic rings. The molecule has 8 heavy (non-hydrogen) atoms. The van der Waals surface area contributed by atoms with Gasteiger partial charge in [-0.2, -0.15) is 0 Å². The Bertz CT molecular complexity index is 120. The minimum Gasteiger partial charge on any atom is -0.291 e. The van der Waals surface area contributed by atoms with Crippen molar-refractivity contribution in [3.05, 3.63) is 0 Å². The molecule has 0 radical (unpaired) electrons. The zero-order chi connectivity index (χ0) is 7.28. The molecule has 0 aromatic carbocycles. The van der Waals surface area contributed by atoms with Crippen molar-refractivity contribution in [3.63, 3.8) is 0 Å². The third-order valence-electron chi connectivity index (χ3n) is 0.797. The third-order valence-corrected chi connectivity index (χ3v) is 0.797. The Morgan fingerprint density at radius 2 is 2.25 bits per heavy atom. The Labute approximate surface area is 50.3 Å². The maximum Gasteiger partial charge on any atom is 0.198 e. The van der Waals surface area contributed by atoms with Crippen molar-refractivity contribution < 1.29 is 11.0 Å². The van der Waals surface area contributed by atoms with Crippen molar-refractivity contribution in [2.45, 2.75) is 26.7 Å². The first-order valence-corrected chi connectivity index (χ1v) is 2.51. The van der Waals surface area contributed by atoms with E-state index in [1.54, 1.807) is 0 Å². The lowest BCUT2D eigenvalue weighted by Crippen LogP contribution is -2.07. The van der Waals surface area contributed by atoms with Gasteiger partial charge in [-0.3, -0.25) is 9.59 Å². The van der Waals surface area contributed by atoms with Crippen LogP contribution >= 0.6 is 0 Å². The van der Waals surface area contributed by atoms with Crippen LogP contribution in [0, 0.1) is 0 Å². The largest absolute Gasteiger partial charge is 0.291 e. The Balaban J connectivity index is 3.39. The molecule has 0 bridgehead atoms. The third kappa shape index (κ3) is 2.50. The van der Waals surface area contributed by atoms with E-state index in [1.165, 1.54) is 6.92 Å². The number of carbonyl (C=O) groups is 2. The Morgan fingerprint density at radius 3 is 2.62 bits per heavy atom. The maximum absolute atomic E-state index is 10.5. The van der Waals surface area contributed by atoms with Gasteiger partial charge in [0.2, 0.25) is 0 Å². The summed E-state index contributed by atoms with van der Waals surface area (Å²) in [6, 6.07) is 0. The molecule has 0 aliphatic heterocycles. The van der Waals surface area contributed by atoms with Gasteiger partial charge < -0.3 is 0 Å². The summed E-state index contributed by atoms with van der Waals surface area (Å²) < 4.78 is 6.67. The summed E-state index contributed by atoms with van der Waals surface area (Å²) in [5.74, 6) is -0.759. The minimum absolute atomic E-state index is 0.221. The highest BCUT2D eigenvalue weighted by atomic mass is 16.2. The highest BCUT2D eigenvalue weighted by Gasteiger charge is 2.03. The standard InChI is InChI=1S/C6H10O2/c1-3-4-6(8)5(2)7/h3-4H2,1-2H3/i1T. The summed E-state index contributed by atoms with van der Waals surface area (Å²) in [6.07, 6.45) is 0.733. The lowest BCUT2D eigenvalue weighted by molar-refractivity contribution is -0.135. The molecule has 0 amide bonds. The smallest absolute Gasteiger partial charge is 0.198 e. The highest BCUT2D eigenvalue weighted by Crippen LogP contribution is 1.88. The molecule has 0 N–H and O–H groups in total. The molecule has 0 rings (SSSR count). The van der Waals surface area contributed by atoms with Gasteiger partial charge in [0.05, 0.1) is 0 Å². The van der Waals surface area contributed by atoms with Gasteiger partial charge in [-0.05, 0) is 6.42 Å². The molecule has 0 spiro atoms. The lowest BCUT2D eigenvalue weighted by atomic mass is 10.2. The molecule has 0 aromatic rings. The first kappa shape index (κ1) is 5.48. The van der Waals surface area contributed by atoms with Crippen LogP contribution in [0.2, 0.25) is 0 Å². The molecular weight excluding hydrogens is 104 g/mol. The van der Waals surface area contributed by atoms with Crippen molar-refractivity contribution in [2.24, 2.45) is 0 Å². The van der Waals surface area contributed by atoms with E-state index < -0.39 is 5.78 Å². The molecule has 0 fully saturated rings. The Morgan fingerprint density at radius 1 is 1.62 bits per heavy atom. The van der Waals surface area contributed by atoms with Crippen LogP contribution in [0.5, 0.6) is 0 Å². The van der Waals surface area contributed by atoms with Crippen molar-refractivity contribution in [3.8, 4) is 0 Å². The van der Waals surface area contributed by atoms with E-state index in [9.17, 15) is 9.59 Å². The van der Waals surface area contributed by atoms with E-state index in [0.29, 0.717) is 6.42 Å². The van der Waals surface area contributed by atoms with Crippen LogP contribution in [-0.2, 0) is 9.59 Å². The predicted octanol–water partition coefficient (Wildman–Crippen LogP) is 0.945. The molecule has 46 valence electrons. The second-order valence-corrected chi connectivity index (χ2v) is 1.58. The molecule has 0 atom stereocenters. The number of carbonyl (C=O) groups excluding carboxylic acids is 2. The van der Waals surface area contributed by atoms with Gasteiger partial charge in [-0.15, -0.1) is 0 Å². The zero-order valence-electron chi connectivity index (χ0n) is 5.94. The summed E-state index contributed by atoms with van der Waals surface area (Å²) in [5, 5.41) is 0. The minimum atomic E-state index is -0.400. The number of Topliss-reactive ketones (excluding diaryl/α,β-unsaturated/α-hetero) is 2. The number of rotatable bonds is 3. The van der Waals surface area contributed by atoms with Crippen LogP contribution in [0.4, 0.5) is 0 Å². The molecule has 0 unspecified atom stereocenters. The average Bonchev–Trinajstić information content (AvgIpc) is 1.82. The average molecular weight is 116 g/mol. The summed E-state index contributed by atoms with van der Waals surface area (Å²) in [5.41, 5.74) is 0. The molecule has 0 heterocycles. The Hall–Kier alpha value is -0.660. The first-order chi connectivity index (χ1) is 4.18. The number of hydrogen-bond acceptors (Lipinski definition) is 2. The van der Waals surface area contributed by atoms with Crippen molar-refractivity contribution in [1.82, 2.24) is 0 Å². The number of ketones is 2. The molecular formula is C6H10O2. The predicted molar refractivity (Wildman–Crippen MR) is 30.6 cm³/mol. The first-order valence-electron chi connectivity index (χ1n) is 3.22. The summed E-state index contributed by atoms with van der Waals surface area (Å²) in [7, 11) is 0. The van der Waals surface area contributed by atoms with Gasteiger partial charge in [-0.25, -0.2) is 0 Å². The molecule has 2 nitrogen and oxygen atoms in total. The van der Waals surface area contributed by atoms with E-state index in [2.05, 4.69) is 0 Å². The van der Waals surface area contributed by atoms with E-state index >= 15 is 0 Å². The number of hydrogen-bond donors (Lipinski definition) is 0. The fourth-order valence-corrected chi connectivity index (χ4v) is 0.337. The summed E-state index contributed by atoms with van der Waals surface area (Å²) in [6.45, 7) is 1.48. The van der Waals surface area contributed by atoms with Crippen molar-refractivity contribution in [1.29, 1.82) is 0 Å². The van der Waals surface area contributed by atoms with Gasteiger partial charge in [-0.1, -0.05) is 6.90 Å². The van der Waals surface area contributed by atoms with E-state index in [1.807, 2.05) is 0 Å². The van der Waals surface area contributed by atoms with Crippen molar-refractivity contribution in [2.75, 3.05) is 0 Å². The molecule has 0 aromatic heterocycles. The van der Waals surface area contributed by atoms with Crippen LogP contribution < -0.4 is 0 Å².